The van der Waals surface area contributed by atoms with Crippen LogP contribution in [0.3, 0.4) is 0 Å². The third kappa shape index (κ3) is 7.24. The minimum absolute atomic E-state index is 0.0214. The van der Waals surface area contributed by atoms with Crippen molar-refractivity contribution in [2.24, 2.45) is 0 Å². The Morgan fingerprint density at radius 1 is 1.00 bits per heavy atom. The van der Waals surface area contributed by atoms with Crippen molar-refractivity contribution in [1.82, 2.24) is 15.5 Å². The van der Waals surface area contributed by atoms with E-state index in [1.165, 1.54) is 24.9 Å². The Labute approximate surface area is 174 Å². The van der Waals surface area contributed by atoms with E-state index in [0.29, 0.717) is 25.4 Å². The molecule has 2 fully saturated rings. The van der Waals surface area contributed by atoms with Crippen molar-refractivity contribution in [3.8, 4) is 0 Å². The number of piperazine rings is 1. The summed E-state index contributed by atoms with van der Waals surface area (Å²) >= 11 is 0. The average molecular weight is 402 g/mol. The summed E-state index contributed by atoms with van der Waals surface area (Å²) in [5.74, 6) is -0.0214. The number of nitrogens with zero attached hydrogens (tertiary/aromatic N) is 2. The van der Waals surface area contributed by atoms with Gasteiger partial charge in [-0.15, -0.1) is 0 Å². The molecule has 3 amide bonds. The molecule has 1 aromatic rings. The summed E-state index contributed by atoms with van der Waals surface area (Å²) in [6.45, 7) is 4.72. The molecular weight excluding hydrogens is 366 g/mol. The van der Waals surface area contributed by atoms with Crippen LogP contribution in [0.5, 0.6) is 0 Å². The fourth-order valence-electron chi connectivity index (χ4n) is 3.98. The molecule has 3 rings (SSSR count). The molecule has 1 aliphatic heterocycles. The normalized spacial score (nSPS) is 18.3. The largest absolute Gasteiger partial charge is 0.369 e. The van der Waals surface area contributed by atoms with Gasteiger partial charge in [-0.3, -0.25) is 4.79 Å². The number of nitrogens with one attached hydrogen (secondary N) is 3. The molecule has 0 atom stereocenters. The number of carbonyl (C=O) groups is 2. The van der Waals surface area contributed by atoms with Crippen molar-refractivity contribution in [2.75, 3.05) is 50.0 Å². The van der Waals surface area contributed by atoms with E-state index in [-0.39, 0.29) is 11.9 Å². The lowest BCUT2D eigenvalue weighted by Crippen LogP contribution is -2.44. The molecule has 2 aliphatic rings. The number of anilines is 2. The Hall–Kier alpha value is -2.28. The third-order valence-corrected chi connectivity index (χ3v) is 5.83. The monoisotopic (exact) mass is 401 g/mol. The van der Waals surface area contributed by atoms with E-state index in [0.717, 1.165) is 44.7 Å². The van der Waals surface area contributed by atoms with Crippen LogP contribution in [0.4, 0.5) is 16.2 Å². The second-order valence-electron chi connectivity index (χ2n) is 8.22. The molecule has 1 saturated carbocycles. The lowest BCUT2D eigenvalue weighted by molar-refractivity contribution is -0.116. The number of rotatable bonds is 7. The van der Waals surface area contributed by atoms with Gasteiger partial charge in [-0.1, -0.05) is 19.3 Å². The zero-order valence-electron chi connectivity index (χ0n) is 17.6. The van der Waals surface area contributed by atoms with Crippen molar-refractivity contribution in [1.29, 1.82) is 0 Å². The van der Waals surface area contributed by atoms with Crippen molar-refractivity contribution in [3.05, 3.63) is 24.3 Å². The number of amides is 3. The molecule has 0 radical (unpaired) electrons. The molecule has 0 bridgehead atoms. The Kier molecular flexibility index (Phi) is 8.16. The third-order valence-electron chi connectivity index (χ3n) is 5.83. The van der Waals surface area contributed by atoms with Crippen LogP contribution in [0.2, 0.25) is 0 Å². The van der Waals surface area contributed by atoms with Crippen LogP contribution >= 0.6 is 0 Å². The smallest absolute Gasteiger partial charge is 0.315 e. The zero-order chi connectivity index (χ0) is 20.5. The van der Waals surface area contributed by atoms with E-state index in [1.54, 1.807) is 0 Å². The van der Waals surface area contributed by atoms with Gasteiger partial charge in [-0.25, -0.2) is 4.79 Å². The van der Waals surface area contributed by atoms with E-state index in [9.17, 15) is 9.59 Å². The van der Waals surface area contributed by atoms with Crippen LogP contribution in [0.25, 0.3) is 0 Å². The van der Waals surface area contributed by atoms with Gasteiger partial charge in [0.1, 0.15) is 0 Å². The van der Waals surface area contributed by atoms with E-state index in [4.69, 9.17) is 0 Å². The molecule has 1 heterocycles. The first kappa shape index (κ1) is 21.4. The molecule has 1 aliphatic carbocycles. The standard InChI is InChI=1S/C22H35N5O2/c1-26-14-16-27(17-15-26)20-11-9-19(10-12-20)24-21(28)8-5-13-23-22(29)25-18-6-3-2-4-7-18/h9-12,18H,2-8,13-17H2,1H3,(H,24,28)(H2,23,25,29). The predicted molar refractivity (Wildman–Crippen MR) is 117 cm³/mol. The van der Waals surface area contributed by atoms with Gasteiger partial charge in [0.25, 0.3) is 0 Å². The van der Waals surface area contributed by atoms with Crippen molar-refractivity contribution < 1.29 is 9.59 Å². The summed E-state index contributed by atoms with van der Waals surface area (Å²) in [5, 5.41) is 8.82. The van der Waals surface area contributed by atoms with Gasteiger partial charge < -0.3 is 25.8 Å². The van der Waals surface area contributed by atoms with Crippen molar-refractivity contribution in [2.45, 2.75) is 51.0 Å². The van der Waals surface area contributed by atoms with Gasteiger partial charge in [-0.2, -0.15) is 0 Å². The number of hydrogen-bond donors (Lipinski definition) is 3. The van der Waals surface area contributed by atoms with E-state index < -0.39 is 0 Å². The number of benzene rings is 1. The molecule has 1 aromatic carbocycles. The highest BCUT2D eigenvalue weighted by molar-refractivity contribution is 5.90. The van der Waals surface area contributed by atoms with Gasteiger partial charge in [0.05, 0.1) is 0 Å². The molecule has 0 aromatic heterocycles. The SMILES string of the molecule is CN1CCN(c2ccc(NC(=O)CCCNC(=O)NC3CCCCC3)cc2)CC1. The van der Waals surface area contributed by atoms with Crippen molar-refractivity contribution in [3.63, 3.8) is 0 Å². The summed E-state index contributed by atoms with van der Waals surface area (Å²) in [4.78, 5) is 28.7. The molecule has 0 spiro atoms. The van der Waals surface area contributed by atoms with E-state index >= 15 is 0 Å². The fraction of sp³-hybridized carbons (Fsp3) is 0.636. The first-order valence-electron chi connectivity index (χ1n) is 11.0. The minimum atomic E-state index is -0.114. The summed E-state index contributed by atoms with van der Waals surface area (Å²) in [7, 11) is 2.15. The maximum atomic E-state index is 12.1. The van der Waals surface area contributed by atoms with Crippen LogP contribution in [0.1, 0.15) is 44.9 Å². The van der Waals surface area contributed by atoms with Gasteiger partial charge in [-0.05, 0) is 50.6 Å². The van der Waals surface area contributed by atoms with Gasteiger partial charge in [0, 0.05) is 56.6 Å². The van der Waals surface area contributed by atoms with Crippen LogP contribution in [-0.4, -0.2) is 62.7 Å². The highest BCUT2D eigenvalue weighted by atomic mass is 16.2. The fourth-order valence-corrected chi connectivity index (χ4v) is 3.98. The highest BCUT2D eigenvalue weighted by Gasteiger charge is 2.16. The van der Waals surface area contributed by atoms with Crippen LogP contribution in [0, 0.1) is 0 Å². The van der Waals surface area contributed by atoms with Crippen LogP contribution in [-0.2, 0) is 4.79 Å². The second kappa shape index (κ2) is 11.0. The first-order chi connectivity index (χ1) is 14.1. The minimum Gasteiger partial charge on any atom is -0.369 e. The Balaban J connectivity index is 1.30. The quantitative estimate of drug-likeness (QED) is 0.614. The number of hydrogen-bond acceptors (Lipinski definition) is 4. The maximum absolute atomic E-state index is 12.1. The maximum Gasteiger partial charge on any atom is 0.315 e. The van der Waals surface area contributed by atoms with Gasteiger partial charge in [0.15, 0.2) is 0 Å². The van der Waals surface area contributed by atoms with Crippen LogP contribution < -0.4 is 20.9 Å². The molecule has 1 saturated heterocycles. The highest BCUT2D eigenvalue weighted by Crippen LogP contribution is 2.19. The molecular formula is C22H35N5O2. The number of carbonyl (C=O) groups excluding carboxylic acids is 2. The Morgan fingerprint density at radius 2 is 1.69 bits per heavy atom. The van der Waals surface area contributed by atoms with Gasteiger partial charge in [0.2, 0.25) is 5.91 Å². The van der Waals surface area contributed by atoms with Crippen LogP contribution in [0.15, 0.2) is 24.3 Å². The molecule has 29 heavy (non-hydrogen) atoms. The molecule has 7 heteroatoms. The lowest BCUT2D eigenvalue weighted by atomic mass is 9.96. The zero-order valence-corrected chi connectivity index (χ0v) is 17.6. The molecule has 160 valence electrons. The summed E-state index contributed by atoms with van der Waals surface area (Å²) < 4.78 is 0. The molecule has 3 N–H and O–H groups in total. The topological polar surface area (TPSA) is 76.7 Å². The number of likely N-dealkylation sites (N-methyl/N-ethyl adjacent to an activating group) is 1. The lowest BCUT2D eigenvalue weighted by Gasteiger charge is -2.34. The second-order valence-corrected chi connectivity index (χ2v) is 8.22. The molecule has 0 unspecified atom stereocenters. The first-order valence-corrected chi connectivity index (χ1v) is 11.0. The van der Waals surface area contributed by atoms with E-state index in [1.807, 2.05) is 12.1 Å². The predicted octanol–water partition coefficient (Wildman–Crippen LogP) is 2.79. The average Bonchev–Trinajstić information content (AvgIpc) is 2.73. The molecule has 7 nitrogen and oxygen atoms in total. The summed E-state index contributed by atoms with van der Waals surface area (Å²) in [6, 6.07) is 8.25. The van der Waals surface area contributed by atoms with Crippen molar-refractivity contribution >= 4 is 23.3 Å². The summed E-state index contributed by atoms with van der Waals surface area (Å²) in [6.07, 6.45) is 6.83. The number of urea groups is 1. The van der Waals surface area contributed by atoms with E-state index in [2.05, 4.69) is 44.9 Å². The van der Waals surface area contributed by atoms with Gasteiger partial charge >= 0.3 is 6.03 Å². The Bertz CT molecular complexity index is 650. The Morgan fingerprint density at radius 3 is 2.38 bits per heavy atom. The summed E-state index contributed by atoms with van der Waals surface area (Å²) in [5.41, 5.74) is 2.01.